The Hall–Kier alpha value is -4.77. The Morgan fingerprint density at radius 3 is 2.28 bits per heavy atom. The molecule has 50 heavy (non-hydrogen) atoms. The average Bonchev–Trinajstić information content (AvgIpc) is 3.75. The van der Waals surface area contributed by atoms with Gasteiger partial charge in [0.25, 0.3) is 0 Å². The Bertz CT molecular complexity index is 1730. The second-order valence-corrected chi connectivity index (χ2v) is 13.1. The van der Waals surface area contributed by atoms with E-state index in [4.69, 9.17) is 28.1 Å². The van der Waals surface area contributed by atoms with Crippen molar-refractivity contribution in [1.29, 1.82) is 0 Å². The van der Waals surface area contributed by atoms with Crippen molar-refractivity contribution < 1.29 is 42.5 Å². The number of amides is 1. The summed E-state index contributed by atoms with van der Waals surface area (Å²) in [5.74, 6) is -1.30. The van der Waals surface area contributed by atoms with Crippen LogP contribution in [0.25, 0.3) is 11.1 Å². The number of ether oxygens (including phenoxy) is 5. The van der Waals surface area contributed by atoms with Crippen LogP contribution in [0.4, 0.5) is 4.79 Å². The molecular formula is C40H41NO9. The van der Waals surface area contributed by atoms with Crippen LogP contribution >= 0.6 is 0 Å². The summed E-state index contributed by atoms with van der Waals surface area (Å²) in [6.07, 6.45) is 2.26. The lowest BCUT2D eigenvalue weighted by Crippen LogP contribution is -2.52. The molecule has 1 amide bonds. The van der Waals surface area contributed by atoms with Gasteiger partial charge in [0.15, 0.2) is 5.79 Å². The highest BCUT2D eigenvalue weighted by Gasteiger charge is 2.46. The largest absolute Gasteiger partial charge is 0.469 e. The predicted octanol–water partition coefficient (Wildman–Crippen LogP) is 6.50. The van der Waals surface area contributed by atoms with Crippen LogP contribution in [0.5, 0.6) is 0 Å². The summed E-state index contributed by atoms with van der Waals surface area (Å²) in [5, 5.41) is 2.69. The van der Waals surface area contributed by atoms with E-state index in [0.29, 0.717) is 25.2 Å². The van der Waals surface area contributed by atoms with Crippen molar-refractivity contribution in [3.05, 3.63) is 120 Å². The van der Waals surface area contributed by atoms with Gasteiger partial charge in [0.2, 0.25) is 0 Å². The van der Waals surface area contributed by atoms with Crippen molar-refractivity contribution in [2.45, 2.75) is 75.1 Å². The molecule has 0 radical (unpaired) electrons. The third-order valence-corrected chi connectivity index (χ3v) is 9.50. The van der Waals surface area contributed by atoms with Crippen LogP contribution in [-0.4, -0.2) is 61.7 Å². The first kappa shape index (κ1) is 33.7. The molecule has 2 aliphatic heterocycles. The summed E-state index contributed by atoms with van der Waals surface area (Å²) in [6.45, 7) is 0.734. The molecule has 1 N–H and O–H groups in total. The highest BCUT2D eigenvalue weighted by atomic mass is 16.7. The lowest BCUT2D eigenvalue weighted by atomic mass is 9.92. The molecule has 4 atom stereocenters. The van der Waals surface area contributed by atoms with Crippen molar-refractivity contribution in [2.75, 3.05) is 19.8 Å². The summed E-state index contributed by atoms with van der Waals surface area (Å²) < 4.78 is 35.5. The standard InChI is InChI=1S/C40H41NO9/c42-28-20-31(24-45-23-27-10-2-1-3-11-27)50-40(22-28)18-8-12-30(49-40)25-47-38(43)37(21-29-13-9-19-46-29)41-39(44)48-26-36-34-16-6-4-14-32(34)33-15-5-7-17-35(33)36/h1-7,9-11,13-17,19,30-31,36-37H,8,12,18,20-26H2,(H,41,44)/t30-,31+,37-,40+/m1/s1. The topological polar surface area (TPSA) is 123 Å². The zero-order valence-electron chi connectivity index (χ0n) is 27.8. The molecule has 1 aromatic heterocycles. The van der Waals surface area contributed by atoms with Crippen molar-refractivity contribution in [2.24, 2.45) is 0 Å². The third kappa shape index (κ3) is 7.99. The van der Waals surface area contributed by atoms with Crippen LogP contribution in [-0.2, 0) is 46.3 Å². The summed E-state index contributed by atoms with van der Waals surface area (Å²) >= 11 is 0. The van der Waals surface area contributed by atoms with E-state index in [9.17, 15) is 14.4 Å². The van der Waals surface area contributed by atoms with Crippen LogP contribution in [0.3, 0.4) is 0 Å². The fourth-order valence-electron chi connectivity index (χ4n) is 7.22. The number of alkyl carbamates (subject to hydrolysis) is 1. The second-order valence-electron chi connectivity index (χ2n) is 13.1. The maximum Gasteiger partial charge on any atom is 0.407 e. The Morgan fingerprint density at radius 1 is 0.820 bits per heavy atom. The zero-order valence-corrected chi connectivity index (χ0v) is 27.8. The lowest BCUT2D eigenvalue weighted by Gasteiger charge is -2.45. The van der Waals surface area contributed by atoms with Crippen molar-refractivity contribution in [1.82, 2.24) is 5.32 Å². The fourth-order valence-corrected chi connectivity index (χ4v) is 7.22. The van der Waals surface area contributed by atoms with E-state index in [1.807, 2.05) is 66.7 Å². The van der Waals surface area contributed by atoms with E-state index in [2.05, 4.69) is 17.4 Å². The Balaban J connectivity index is 0.938. The fraction of sp³-hybridized carbons (Fsp3) is 0.375. The van der Waals surface area contributed by atoms with Crippen LogP contribution in [0.15, 0.2) is 102 Å². The first-order valence-electron chi connectivity index (χ1n) is 17.2. The van der Waals surface area contributed by atoms with Crippen molar-refractivity contribution in [3.8, 4) is 11.1 Å². The molecule has 260 valence electrons. The maximum absolute atomic E-state index is 13.5. The van der Waals surface area contributed by atoms with Gasteiger partial charge < -0.3 is 33.4 Å². The molecule has 3 aliphatic rings. The van der Waals surface area contributed by atoms with E-state index in [0.717, 1.165) is 34.2 Å². The minimum absolute atomic E-state index is 0.0491. The van der Waals surface area contributed by atoms with Gasteiger partial charge >= 0.3 is 12.1 Å². The molecule has 1 spiro atoms. The molecule has 2 fully saturated rings. The van der Waals surface area contributed by atoms with Crippen LogP contribution in [0, 0.1) is 0 Å². The molecule has 10 heteroatoms. The van der Waals surface area contributed by atoms with Gasteiger partial charge in [0.05, 0.1) is 38.1 Å². The monoisotopic (exact) mass is 679 g/mol. The molecule has 0 bridgehead atoms. The molecule has 0 unspecified atom stereocenters. The number of furan rings is 1. The maximum atomic E-state index is 13.5. The Morgan fingerprint density at radius 2 is 1.54 bits per heavy atom. The molecule has 7 rings (SSSR count). The summed E-state index contributed by atoms with van der Waals surface area (Å²) in [6, 6.07) is 28.4. The molecular weight excluding hydrogens is 638 g/mol. The molecule has 1 aliphatic carbocycles. The van der Waals surface area contributed by atoms with Gasteiger partial charge in [-0.25, -0.2) is 9.59 Å². The van der Waals surface area contributed by atoms with E-state index in [1.54, 1.807) is 12.1 Å². The first-order chi connectivity index (χ1) is 24.4. The number of ketones is 1. The molecule has 10 nitrogen and oxygen atoms in total. The minimum Gasteiger partial charge on any atom is -0.469 e. The van der Waals surface area contributed by atoms with Gasteiger partial charge in [-0.3, -0.25) is 4.79 Å². The SMILES string of the molecule is O=C1C[C@@H](COCc2ccccc2)O[C@@]2(CCC[C@H](COC(=O)[C@@H](Cc3ccco3)NC(=O)OCC3c4ccccc4-c4ccccc43)O2)C1. The number of carbonyl (C=O) groups excluding carboxylic acids is 3. The third-order valence-electron chi connectivity index (χ3n) is 9.50. The number of esters is 1. The van der Waals surface area contributed by atoms with Crippen LogP contribution in [0.1, 0.15) is 60.5 Å². The lowest BCUT2D eigenvalue weighted by molar-refractivity contribution is -0.313. The van der Waals surface area contributed by atoms with Gasteiger partial charge in [-0.1, -0.05) is 78.9 Å². The van der Waals surface area contributed by atoms with Gasteiger partial charge in [0, 0.05) is 25.2 Å². The minimum atomic E-state index is -1.08. The number of rotatable bonds is 12. The van der Waals surface area contributed by atoms with E-state index in [-0.39, 0.29) is 50.8 Å². The average molecular weight is 680 g/mol. The van der Waals surface area contributed by atoms with Crippen molar-refractivity contribution >= 4 is 17.8 Å². The highest BCUT2D eigenvalue weighted by molar-refractivity contribution is 5.82. The van der Waals surface area contributed by atoms with Gasteiger partial charge in [-0.2, -0.15) is 0 Å². The van der Waals surface area contributed by atoms with Gasteiger partial charge in [-0.05, 0) is 52.8 Å². The number of benzene rings is 3. The number of nitrogens with one attached hydrogen (secondary N) is 1. The van der Waals surface area contributed by atoms with E-state index >= 15 is 0 Å². The zero-order chi connectivity index (χ0) is 34.3. The number of fused-ring (bicyclic) bond motifs is 3. The summed E-state index contributed by atoms with van der Waals surface area (Å²) in [5.41, 5.74) is 5.47. The normalized spacial score (nSPS) is 22.0. The Labute approximate surface area is 291 Å². The molecule has 3 heterocycles. The quantitative estimate of drug-likeness (QED) is 0.167. The second kappa shape index (κ2) is 15.4. The molecule has 3 aromatic carbocycles. The molecule has 2 saturated heterocycles. The number of hydrogen-bond acceptors (Lipinski definition) is 9. The highest BCUT2D eigenvalue weighted by Crippen LogP contribution is 2.44. The predicted molar refractivity (Wildman–Crippen MR) is 182 cm³/mol. The van der Waals surface area contributed by atoms with Gasteiger partial charge in [-0.15, -0.1) is 0 Å². The number of Topliss-reactive ketones (excluding diaryl/α,β-unsaturated/α-hetero) is 1. The molecule has 4 aromatic rings. The summed E-state index contributed by atoms with van der Waals surface area (Å²) in [7, 11) is 0. The van der Waals surface area contributed by atoms with Crippen LogP contribution < -0.4 is 5.32 Å². The number of carbonyl (C=O) groups is 3. The van der Waals surface area contributed by atoms with Gasteiger partial charge in [0.1, 0.15) is 30.8 Å². The van der Waals surface area contributed by atoms with E-state index in [1.165, 1.54) is 6.26 Å². The molecule has 0 saturated carbocycles. The smallest absolute Gasteiger partial charge is 0.407 e. The number of hydrogen-bond donors (Lipinski definition) is 1. The van der Waals surface area contributed by atoms with Crippen molar-refractivity contribution in [3.63, 3.8) is 0 Å². The Kier molecular flexibility index (Phi) is 10.4. The van der Waals surface area contributed by atoms with E-state index < -0.39 is 36.1 Å². The first-order valence-corrected chi connectivity index (χ1v) is 17.2. The van der Waals surface area contributed by atoms with Crippen LogP contribution in [0.2, 0.25) is 0 Å². The summed E-state index contributed by atoms with van der Waals surface area (Å²) in [4.78, 5) is 39.4.